The number of pyridine rings is 1. The molecule has 0 spiro atoms. The number of rotatable bonds is 5. The molecule has 0 bridgehead atoms. The van der Waals surface area contributed by atoms with Gasteiger partial charge in [-0.25, -0.2) is 9.55 Å². The summed E-state index contributed by atoms with van der Waals surface area (Å²) in [6.07, 6.45) is 6.91. The van der Waals surface area contributed by atoms with E-state index in [4.69, 9.17) is 8.97 Å². The molecule has 166 valence electrons. The van der Waals surface area contributed by atoms with Gasteiger partial charge in [0.15, 0.2) is 18.2 Å². The first-order chi connectivity index (χ1) is 15.3. The van der Waals surface area contributed by atoms with Gasteiger partial charge in [0.2, 0.25) is 5.89 Å². The predicted octanol–water partition coefficient (Wildman–Crippen LogP) is 5.12. The van der Waals surface area contributed by atoms with Gasteiger partial charge in [-0.1, -0.05) is 48.9 Å². The van der Waals surface area contributed by atoms with Crippen molar-refractivity contribution >= 4 is 10.1 Å². The first-order valence-electron chi connectivity index (χ1n) is 10.4. The Balaban J connectivity index is 0.000000222. The minimum Gasteiger partial charge on any atom is -0.436 e. The Morgan fingerprint density at radius 3 is 2.06 bits per heavy atom. The third kappa shape index (κ3) is 6.12. The lowest BCUT2D eigenvalue weighted by molar-refractivity contribution is -0.693. The standard InChI is InChI=1S/C18H19N2O.C7H8O3S/c1-3-14-5-7-15(8-6-14)17-13-19-18(21-17)16-9-11-20(4-2)12-10-16;1-6-2-4-7(5-3-6)11(8,9)10/h5-13H,3-4H2,1-2H3;2-5H,1H3,(H,8,9,10)/q+1;. The molecule has 0 radical (unpaired) electrons. The van der Waals surface area contributed by atoms with Crippen molar-refractivity contribution in [3.05, 3.63) is 90.4 Å². The lowest BCUT2D eigenvalue weighted by atomic mass is 10.1. The van der Waals surface area contributed by atoms with Crippen molar-refractivity contribution in [2.45, 2.75) is 38.6 Å². The van der Waals surface area contributed by atoms with Crippen LogP contribution in [0.1, 0.15) is 25.0 Å². The Kier molecular flexibility index (Phi) is 7.56. The molecule has 2 aromatic carbocycles. The smallest absolute Gasteiger partial charge is 0.294 e. The van der Waals surface area contributed by atoms with Crippen LogP contribution in [0.25, 0.3) is 22.8 Å². The zero-order valence-electron chi connectivity index (χ0n) is 18.4. The molecule has 0 saturated carbocycles. The molecule has 0 amide bonds. The summed E-state index contributed by atoms with van der Waals surface area (Å²) in [6, 6.07) is 18.5. The van der Waals surface area contributed by atoms with Crippen LogP contribution in [0.4, 0.5) is 0 Å². The van der Waals surface area contributed by atoms with Gasteiger partial charge in [0, 0.05) is 23.3 Å². The SMILES string of the molecule is CCc1ccc(-c2cnc(-c3cc[n+](CC)cc3)o2)cc1.Cc1ccc(S(=O)(=O)O)cc1. The van der Waals surface area contributed by atoms with E-state index in [1.165, 1.54) is 17.7 Å². The van der Waals surface area contributed by atoms with Crippen molar-refractivity contribution in [1.29, 1.82) is 0 Å². The van der Waals surface area contributed by atoms with Gasteiger partial charge in [-0.15, -0.1) is 0 Å². The van der Waals surface area contributed by atoms with Crippen LogP contribution in [0.2, 0.25) is 0 Å². The second kappa shape index (κ2) is 10.3. The quantitative estimate of drug-likeness (QED) is 0.336. The van der Waals surface area contributed by atoms with E-state index in [0.717, 1.165) is 35.4 Å². The van der Waals surface area contributed by atoms with E-state index in [1.54, 1.807) is 18.3 Å². The molecule has 2 heterocycles. The van der Waals surface area contributed by atoms with Crippen LogP contribution in [0, 0.1) is 6.92 Å². The summed E-state index contributed by atoms with van der Waals surface area (Å²) in [7, 11) is -4.02. The van der Waals surface area contributed by atoms with Crippen LogP contribution in [0.3, 0.4) is 0 Å². The fourth-order valence-corrected chi connectivity index (χ4v) is 3.45. The van der Waals surface area contributed by atoms with E-state index in [2.05, 4.69) is 47.7 Å². The van der Waals surface area contributed by atoms with Gasteiger partial charge in [-0.2, -0.15) is 8.42 Å². The van der Waals surface area contributed by atoms with E-state index in [9.17, 15) is 8.42 Å². The minimum absolute atomic E-state index is 0.0666. The summed E-state index contributed by atoms with van der Waals surface area (Å²) in [4.78, 5) is 4.32. The molecule has 32 heavy (non-hydrogen) atoms. The zero-order chi connectivity index (χ0) is 23.1. The van der Waals surface area contributed by atoms with Gasteiger partial charge >= 0.3 is 0 Å². The molecule has 7 heteroatoms. The van der Waals surface area contributed by atoms with Crippen LogP contribution in [-0.2, 0) is 23.1 Å². The maximum absolute atomic E-state index is 10.5. The van der Waals surface area contributed by atoms with Crippen molar-refractivity contribution in [2.24, 2.45) is 0 Å². The van der Waals surface area contributed by atoms with Gasteiger partial charge in [0.1, 0.15) is 6.54 Å². The third-order valence-electron chi connectivity index (χ3n) is 4.97. The topological polar surface area (TPSA) is 84.3 Å². The molecule has 0 fully saturated rings. The highest BCUT2D eigenvalue weighted by molar-refractivity contribution is 7.85. The van der Waals surface area contributed by atoms with Gasteiger partial charge in [0.05, 0.1) is 11.1 Å². The minimum atomic E-state index is -4.02. The van der Waals surface area contributed by atoms with Crippen LogP contribution in [0.15, 0.2) is 88.6 Å². The highest BCUT2D eigenvalue weighted by atomic mass is 32.2. The first-order valence-corrected chi connectivity index (χ1v) is 11.8. The number of nitrogens with zero attached hydrogens (tertiary/aromatic N) is 2. The molecule has 0 unspecified atom stereocenters. The fraction of sp³-hybridized carbons (Fsp3) is 0.200. The number of aryl methyl sites for hydroxylation is 3. The highest BCUT2D eigenvalue weighted by Gasteiger charge is 2.10. The number of oxazole rings is 1. The number of benzene rings is 2. The number of aromatic nitrogens is 2. The van der Waals surface area contributed by atoms with E-state index >= 15 is 0 Å². The van der Waals surface area contributed by atoms with Gasteiger partial charge in [-0.05, 0) is 38.0 Å². The average molecular weight is 452 g/mol. The van der Waals surface area contributed by atoms with Gasteiger partial charge in [-0.3, -0.25) is 4.55 Å². The molecule has 0 atom stereocenters. The van der Waals surface area contributed by atoms with E-state index in [-0.39, 0.29) is 4.90 Å². The Bertz CT molecular complexity index is 1180. The normalized spacial score (nSPS) is 11.0. The van der Waals surface area contributed by atoms with Gasteiger partial charge in [0.25, 0.3) is 10.1 Å². The lowest BCUT2D eigenvalue weighted by Gasteiger charge is -1.99. The summed E-state index contributed by atoms with van der Waals surface area (Å²) in [5, 5.41) is 0. The highest BCUT2D eigenvalue weighted by Crippen LogP contribution is 2.25. The summed E-state index contributed by atoms with van der Waals surface area (Å²) in [5.41, 5.74) is 4.34. The molecule has 4 aromatic rings. The number of hydrogen-bond acceptors (Lipinski definition) is 4. The number of hydrogen-bond donors (Lipinski definition) is 1. The van der Waals surface area contributed by atoms with Crippen LogP contribution >= 0.6 is 0 Å². The Labute approximate surface area is 189 Å². The maximum atomic E-state index is 10.5. The Morgan fingerprint density at radius 1 is 0.906 bits per heavy atom. The van der Waals surface area contributed by atoms with Crippen LogP contribution in [0.5, 0.6) is 0 Å². The molecule has 0 saturated heterocycles. The zero-order valence-corrected chi connectivity index (χ0v) is 19.2. The predicted molar refractivity (Wildman–Crippen MR) is 124 cm³/mol. The van der Waals surface area contributed by atoms with Gasteiger partial charge < -0.3 is 4.42 Å². The van der Waals surface area contributed by atoms with Crippen LogP contribution < -0.4 is 4.57 Å². The maximum Gasteiger partial charge on any atom is 0.294 e. The second-order valence-electron chi connectivity index (χ2n) is 7.29. The summed E-state index contributed by atoms with van der Waals surface area (Å²) in [6.45, 7) is 7.07. The molecule has 6 nitrogen and oxygen atoms in total. The molecule has 4 rings (SSSR count). The molecule has 0 aliphatic rings. The van der Waals surface area contributed by atoms with Crippen LogP contribution in [-0.4, -0.2) is 18.0 Å². The van der Waals surface area contributed by atoms with Crippen molar-refractivity contribution < 1.29 is 22.0 Å². The average Bonchev–Trinajstić information content (AvgIpc) is 3.30. The molecular weight excluding hydrogens is 424 g/mol. The molecule has 1 N–H and O–H groups in total. The monoisotopic (exact) mass is 451 g/mol. The largest absolute Gasteiger partial charge is 0.436 e. The molecule has 0 aliphatic carbocycles. The van der Waals surface area contributed by atoms with E-state index < -0.39 is 10.1 Å². The van der Waals surface area contributed by atoms with Crippen molar-refractivity contribution in [3.63, 3.8) is 0 Å². The summed E-state index contributed by atoms with van der Waals surface area (Å²) >= 11 is 0. The summed E-state index contributed by atoms with van der Waals surface area (Å²) in [5.74, 6) is 1.47. The lowest BCUT2D eigenvalue weighted by Crippen LogP contribution is -2.30. The van der Waals surface area contributed by atoms with Crippen molar-refractivity contribution in [3.8, 4) is 22.8 Å². The summed E-state index contributed by atoms with van der Waals surface area (Å²) < 4.78 is 37.5. The second-order valence-corrected chi connectivity index (χ2v) is 8.71. The fourth-order valence-electron chi connectivity index (χ4n) is 2.97. The molecule has 0 aliphatic heterocycles. The van der Waals surface area contributed by atoms with E-state index in [0.29, 0.717) is 5.89 Å². The third-order valence-corrected chi connectivity index (χ3v) is 5.84. The molecule has 2 aromatic heterocycles. The Morgan fingerprint density at radius 2 is 1.53 bits per heavy atom. The Hall–Kier alpha value is -3.29. The van der Waals surface area contributed by atoms with E-state index in [1.807, 2.05) is 31.5 Å². The van der Waals surface area contributed by atoms with Crippen molar-refractivity contribution in [2.75, 3.05) is 0 Å². The van der Waals surface area contributed by atoms with Crippen molar-refractivity contribution in [1.82, 2.24) is 4.98 Å². The molecular formula is C25H27N2O4S+. The first kappa shape index (κ1) is 23.4.